The summed E-state index contributed by atoms with van der Waals surface area (Å²) < 4.78 is 5.34. The first kappa shape index (κ1) is 13.3. The molecule has 2 unspecified atom stereocenters. The second kappa shape index (κ2) is 5.73. The standard InChI is InChI=1S/C15H20N4O/c1-11(16)13-7-8-19(9-13)10-14-17-15(18-20-14)12-5-3-2-4-6-12/h2-6,11,13H,7-10,16H2,1H3. The van der Waals surface area contributed by atoms with Crippen molar-refractivity contribution in [1.82, 2.24) is 15.0 Å². The predicted octanol–water partition coefficient (Wildman–Crippen LogP) is 1.91. The molecule has 1 aliphatic heterocycles. The molecule has 0 radical (unpaired) electrons. The molecule has 0 saturated carbocycles. The maximum Gasteiger partial charge on any atom is 0.241 e. The third-order valence-electron chi connectivity index (χ3n) is 3.91. The topological polar surface area (TPSA) is 68.2 Å². The largest absolute Gasteiger partial charge is 0.338 e. The molecule has 0 spiro atoms. The molecule has 0 amide bonds. The summed E-state index contributed by atoms with van der Waals surface area (Å²) in [7, 11) is 0. The van der Waals surface area contributed by atoms with Crippen LogP contribution in [0.2, 0.25) is 0 Å². The van der Waals surface area contributed by atoms with Crippen molar-refractivity contribution in [2.45, 2.75) is 25.9 Å². The number of aromatic nitrogens is 2. The molecule has 5 nitrogen and oxygen atoms in total. The van der Waals surface area contributed by atoms with E-state index in [0.717, 1.165) is 25.1 Å². The summed E-state index contributed by atoms with van der Waals surface area (Å²) in [5, 5.41) is 4.05. The van der Waals surface area contributed by atoms with E-state index in [1.165, 1.54) is 0 Å². The zero-order valence-corrected chi connectivity index (χ0v) is 11.7. The van der Waals surface area contributed by atoms with Crippen molar-refractivity contribution in [2.24, 2.45) is 11.7 Å². The molecule has 2 aromatic rings. The van der Waals surface area contributed by atoms with Crippen LogP contribution in [0.25, 0.3) is 11.4 Å². The molecule has 0 bridgehead atoms. The fourth-order valence-electron chi connectivity index (χ4n) is 2.65. The highest BCUT2D eigenvalue weighted by atomic mass is 16.5. The molecule has 2 atom stereocenters. The fraction of sp³-hybridized carbons (Fsp3) is 0.467. The lowest BCUT2D eigenvalue weighted by Crippen LogP contribution is -2.29. The number of rotatable bonds is 4. The lowest BCUT2D eigenvalue weighted by molar-refractivity contribution is 0.257. The van der Waals surface area contributed by atoms with E-state index in [1.54, 1.807) is 0 Å². The van der Waals surface area contributed by atoms with Crippen LogP contribution in [0.1, 0.15) is 19.2 Å². The van der Waals surface area contributed by atoms with Crippen LogP contribution < -0.4 is 5.73 Å². The zero-order valence-electron chi connectivity index (χ0n) is 11.7. The van der Waals surface area contributed by atoms with Gasteiger partial charge in [-0.3, -0.25) is 4.90 Å². The van der Waals surface area contributed by atoms with E-state index in [9.17, 15) is 0 Å². The smallest absolute Gasteiger partial charge is 0.241 e. The summed E-state index contributed by atoms with van der Waals surface area (Å²) in [6.45, 7) is 4.85. The maximum absolute atomic E-state index is 5.96. The van der Waals surface area contributed by atoms with Gasteiger partial charge in [0.15, 0.2) is 0 Å². The molecule has 5 heteroatoms. The molecule has 20 heavy (non-hydrogen) atoms. The molecule has 2 N–H and O–H groups in total. The molecule has 1 aliphatic rings. The monoisotopic (exact) mass is 272 g/mol. The van der Waals surface area contributed by atoms with Crippen molar-refractivity contribution in [2.75, 3.05) is 13.1 Å². The lowest BCUT2D eigenvalue weighted by Gasteiger charge is -2.15. The van der Waals surface area contributed by atoms with Crippen LogP contribution in [0.15, 0.2) is 34.9 Å². The number of hydrogen-bond acceptors (Lipinski definition) is 5. The van der Waals surface area contributed by atoms with Crippen molar-refractivity contribution in [3.8, 4) is 11.4 Å². The summed E-state index contributed by atoms with van der Waals surface area (Å²) in [5.41, 5.74) is 6.94. The van der Waals surface area contributed by atoms with Crippen molar-refractivity contribution in [3.63, 3.8) is 0 Å². The number of likely N-dealkylation sites (tertiary alicyclic amines) is 1. The van der Waals surface area contributed by atoms with Gasteiger partial charge in [-0.15, -0.1) is 0 Å². The van der Waals surface area contributed by atoms with Crippen LogP contribution >= 0.6 is 0 Å². The van der Waals surface area contributed by atoms with Crippen molar-refractivity contribution >= 4 is 0 Å². The first-order valence-corrected chi connectivity index (χ1v) is 7.08. The molecule has 1 aromatic carbocycles. The highest BCUT2D eigenvalue weighted by Crippen LogP contribution is 2.21. The summed E-state index contributed by atoms with van der Waals surface area (Å²) in [5.74, 6) is 1.91. The fourth-order valence-corrected chi connectivity index (χ4v) is 2.65. The van der Waals surface area contributed by atoms with Gasteiger partial charge in [-0.05, 0) is 25.8 Å². The summed E-state index contributed by atoms with van der Waals surface area (Å²) in [6, 6.07) is 10.1. The Kier molecular flexibility index (Phi) is 3.80. The summed E-state index contributed by atoms with van der Waals surface area (Å²) in [6.07, 6.45) is 1.15. The molecular formula is C15H20N4O. The highest BCUT2D eigenvalue weighted by molar-refractivity contribution is 5.53. The van der Waals surface area contributed by atoms with Crippen LogP contribution in [0.4, 0.5) is 0 Å². The van der Waals surface area contributed by atoms with E-state index >= 15 is 0 Å². The average molecular weight is 272 g/mol. The Balaban J connectivity index is 1.64. The quantitative estimate of drug-likeness (QED) is 0.920. The van der Waals surface area contributed by atoms with Crippen LogP contribution in [0.3, 0.4) is 0 Å². The van der Waals surface area contributed by atoms with Crippen molar-refractivity contribution in [3.05, 3.63) is 36.2 Å². The summed E-state index contributed by atoms with van der Waals surface area (Å²) >= 11 is 0. The van der Waals surface area contributed by atoms with Crippen LogP contribution in [0, 0.1) is 5.92 Å². The van der Waals surface area contributed by atoms with Crippen molar-refractivity contribution < 1.29 is 4.52 Å². The van der Waals surface area contributed by atoms with E-state index < -0.39 is 0 Å². The van der Waals surface area contributed by atoms with Gasteiger partial charge in [0.05, 0.1) is 6.54 Å². The maximum atomic E-state index is 5.96. The van der Waals surface area contributed by atoms with E-state index in [4.69, 9.17) is 10.3 Å². The predicted molar refractivity (Wildman–Crippen MR) is 76.8 cm³/mol. The van der Waals surface area contributed by atoms with Crippen molar-refractivity contribution in [1.29, 1.82) is 0 Å². The number of benzene rings is 1. The Hall–Kier alpha value is -1.72. The Morgan fingerprint density at radius 3 is 2.90 bits per heavy atom. The first-order valence-electron chi connectivity index (χ1n) is 7.08. The molecule has 1 fully saturated rings. The van der Waals surface area contributed by atoms with E-state index in [2.05, 4.69) is 22.0 Å². The normalized spacial score (nSPS) is 21.2. The molecule has 3 rings (SSSR count). The minimum Gasteiger partial charge on any atom is -0.338 e. The molecule has 1 saturated heterocycles. The number of nitrogens with two attached hydrogens (primary N) is 1. The van der Waals surface area contributed by atoms with Crippen LogP contribution in [-0.4, -0.2) is 34.2 Å². The minimum atomic E-state index is 0.252. The van der Waals surface area contributed by atoms with Crippen LogP contribution in [0.5, 0.6) is 0 Å². The first-order chi connectivity index (χ1) is 9.72. The van der Waals surface area contributed by atoms with Gasteiger partial charge in [0.25, 0.3) is 0 Å². The Morgan fingerprint density at radius 2 is 2.20 bits per heavy atom. The molecular weight excluding hydrogens is 252 g/mol. The highest BCUT2D eigenvalue weighted by Gasteiger charge is 2.26. The summed E-state index contributed by atoms with van der Waals surface area (Å²) in [4.78, 5) is 6.79. The van der Waals surface area contributed by atoms with Crippen LogP contribution in [-0.2, 0) is 6.54 Å². The van der Waals surface area contributed by atoms with E-state index in [0.29, 0.717) is 24.2 Å². The lowest BCUT2D eigenvalue weighted by atomic mass is 10.0. The van der Waals surface area contributed by atoms with Gasteiger partial charge in [-0.2, -0.15) is 4.98 Å². The molecule has 106 valence electrons. The van der Waals surface area contributed by atoms with Gasteiger partial charge in [-0.1, -0.05) is 35.5 Å². The third kappa shape index (κ3) is 2.89. The van der Waals surface area contributed by atoms with Gasteiger partial charge >= 0.3 is 0 Å². The van der Waals surface area contributed by atoms with Gasteiger partial charge in [0, 0.05) is 18.2 Å². The zero-order chi connectivity index (χ0) is 13.9. The number of nitrogens with zero attached hydrogens (tertiary/aromatic N) is 3. The second-order valence-electron chi connectivity index (χ2n) is 5.52. The Bertz CT molecular complexity index is 552. The second-order valence-corrected chi connectivity index (χ2v) is 5.52. The molecule has 0 aliphatic carbocycles. The SMILES string of the molecule is CC(N)C1CCN(Cc2nc(-c3ccccc3)no2)C1. The average Bonchev–Trinajstić information content (AvgIpc) is 3.10. The molecule has 1 aromatic heterocycles. The minimum absolute atomic E-state index is 0.252. The number of hydrogen-bond donors (Lipinski definition) is 1. The Morgan fingerprint density at radius 1 is 1.40 bits per heavy atom. The van der Waals surface area contributed by atoms with E-state index in [-0.39, 0.29) is 6.04 Å². The molecule has 2 heterocycles. The van der Waals surface area contributed by atoms with Gasteiger partial charge in [0.1, 0.15) is 0 Å². The van der Waals surface area contributed by atoms with Gasteiger partial charge in [-0.25, -0.2) is 0 Å². The Labute approximate surface area is 118 Å². The third-order valence-corrected chi connectivity index (χ3v) is 3.91. The van der Waals surface area contributed by atoms with Gasteiger partial charge in [0.2, 0.25) is 11.7 Å². The van der Waals surface area contributed by atoms with Gasteiger partial charge < -0.3 is 10.3 Å². The van der Waals surface area contributed by atoms with E-state index in [1.807, 2.05) is 30.3 Å².